The van der Waals surface area contributed by atoms with E-state index >= 15 is 0 Å². The van der Waals surface area contributed by atoms with Crippen LogP contribution in [0.2, 0.25) is 0 Å². The third-order valence-corrected chi connectivity index (χ3v) is 6.43. The maximum absolute atomic E-state index is 12.8. The summed E-state index contributed by atoms with van der Waals surface area (Å²) in [5.74, 6) is -0.685. The number of nitrogens with zero attached hydrogens (tertiary/aromatic N) is 1. The number of sulfonamides is 1. The summed E-state index contributed by atoms with van der Waals surface area (Å²) in [6.07, 6.45) is 0. The van der Waals surface area contributed by atoms with Gasteiger partial charge in [-0.25, -0.2) is 13.2 Å². The molecule has 0 spiro atoms. The van der Waals surface area contributed by atoms with Crippen LogP contribution in [-0.2, 0) is 20.5 Å². The molecule has 146 valence electrons. The van der Waals surface area contributed by atoms with Gasteiger partial charge >= 0.3 is 5.97 Å². The van der Waals surface area contributed by atoms with Crippen LogP contribution in [0.25, 0.3) is 0 Å². The summed E-state index contributed by atoms with van der Waals surface area (Å²) in [5, 5.41) is 0. The van der Waals surface area contributed by atoms with Gasteiger partial charge in [0.2, 0.25) is 10.0 Å². The smallest absolute Gasteiger partial charge is 0.337 e. The molecule has 1 heterocycles. The van der Waals surface area contributed by atoms with Crippen molar-refractivity contribution in [3.8, 4) is 0 Å². The highest BCUT2D eigenvalue weighted by Crippen LogP contribution is 2.29. The molecule has 8 heteroatoms. The van der Waals surface area contributed by atoms with E-state index in [4.69, 9.17) is 5.73 Å². The highest BCUT2D eigenvalue weighted by molar-refractivity contribution is 7.88. The molecule has 0 amide bonds. The van der Waals surface area contributed by atoms with E-state index in [1.807, 2.05) is 30.3 Å². The summed E-state index contributed by atoms with van der Waals surface area (Å²) in [5.41, 5.74) is 8.13. The van der Waals surface area contributed by atoms with Crippen molar-refractivity contribution >= 4 is 28.4 Å². The normalized spacial score (nSPS) is 20.1. The van der Waals surface area contributed by atoms with E-state index in [2.05, 4.69) is 4.74 Å². The molecule has 2 atom stereocenters. The predicted molar refractivity (Wildman–Crippen MR) is 106 cm³/mol. The van der Waals surface area contributed by atoms with Crippen LogP contribution < -0.4 is 5.73 Å². The average molecular weight is 411 g/mol. The number of esters is 1. The fraction of sp³-hybridized carbons (Fsp3) is 0.316. The maximum atomic E-state index is 12.8. The molecular formula is C19H23ClN2O4S. The Bertz CT molecular complexity index is 890. The second-order valence-corrected chi connectivity index (χ2v) is 8.42. The van der Waals surface area contributed by atoms with E-state index < -0.39 is 16.0 Å². The number of methoxy groups -OCH3 is 1. The Balaban J connectivity index is 0.00000261. The number of ether oxygens (including phenoxy) is 1. The van der Waals surface area contributed by atoms with Gasteiger partial charge in [-0.2, -0.15) is 4.31 Å². The number of carbonyl (C=O) groups is 1. The van der Waals surface area contributed by atoms with Crippen molar-refractivity contribution in [2.75, 3.05) is 20.2 Å². The molecule has 2 aromatic rings. The van der Waals surface area contributed by atoms with Crippen molar-refractivity contribution in [2.45, 2.75) is 17.7 Å². The molecule has 1 aliphatic rings. The summed E-state index contributed by atoms with van der Waals surface area (Å²) in [7, 11) is -2.24. The van der Waals surface area contributed by atoms with Gasteiger partial charge in [-0.3, -0.25) is 0 Å². The lowest BCUT2D eigenvalue weighted by molar-refractivity contribution is 0.0600. The highest BCUT2D eigenvalue weighted by Gasteiger charge is 2.37. The molecule has 27 heavy (non-hydrogen) atoms. The average Bonchev–Trinajstić information content (AvgIpc) is 3.04. The first kappa shape index (κ1) is 21.4. The van der Waals surface area contributed by atoms with Gasteiger partial charge in [-0.15, -0.1) is 12.4 Å². The topological polar surface area (TPSA) is 89.7 Å². The van der Waals surface area contributed by atoms with E-state index in [9.17, 15) is 13.2 Å². The van der Waals surface area contributed by atoms with Crippen molar-refractivity contribution < 1.29 is 17.9 Å². The van der Waals surface area contributed by atoms with Crippen molar-refractivity contribution in [3.05, 3.63) is 71.3 Å². The van der Waals surface area contributed by atoms with Crippen LogP contribution in [0.15, 0.2) is 54.6 Å². The Labute approximate surface area is 165 Å². The van der Waals surface area contributed by atoms with E-state index in [-0.39, 0.29) is 30.1 Å². The molecule has 3 rings (SSSR count). The first-order valence-electron chi connectivity index (χ1n) is 8.36. The number of benzene rings is 2. The minimum Gasteiger partial charge on any atom is -0.465 e. The number of rotatable bonds is 5. The lowest BCUT2D eigenvalue weighted by Gasteiger charge is -2.17. The number of hydrogen-bond acceptors (Lipinski definition) is 5. The second kappa shape index (κ2) is 8.84. The zero-order valence-electron chi connectivity index (χ0n) is 14.9. The Hall–Kier alpha value is -1.93. The van der Waals surface area contributed by atoms with Crippen LogP contribution in [0.5, 0.6) is 0 Å². The Morgan fingerprint density at radius 3 is 2.52 bits per heavy atom. The maximum Gasteiger partial charge on any atom is 0.337 e. The fourth-order valence-corrected chi connectivity index (χ4v) is 4.85. The quantitative estimate of drug-likeness (QED) is 0.763. The van der Waals surface area contributed by atoms with Crippen LogP contribution in [0.4, 0.5) is 0 Å². The van der Waals surface area contributed by atoms with Crippen LogP contribution in [0.3, 0.4) is 0 Å². The standard InChI is InChI=1S/C19H22N2O4S.ClH/c1-25-19(22)16-9-5-6-14(10-16)13-26(23,24)21-11-17(18(20)12-21)15-7-3-2-4-8-15;/h2-10,17-18H,11-13,20H2,1H3;1H/t17-,18+;/m0./s1. The highest BCUT2D eigenvalue weighted by atomic mass is 35.5. The first-order valence-corrected chi connectivity index (χ1v) is 9.97. The van der Waals surface area contributed by atoms with Gasteiger partial charge in [-0.05, 0) is 23.3 Å². The molecule has 0 bridgehead atoms. The molecule has 0 aromatic heterocycles. The molecule has 1 fully saturated rings. The van der Waals surface area contributed by atoms with E-state index in [0.717, 1.165) is 5.56 Å². The van der Waals surface area contributed by atoms with Gasteiger partial charge in [0.05, 0.1) is 18.4 Å². The third-order valence-electron chi connectivity index (χ3n) is 4.65. The fourth-order valence-electron chi connectivity index (χ4n) is 3.28. The van der Waals surface area contributed by atoms with Gasteiger partial charge in [0.25, 0.3) is 0 Å². The zero-order valence-corrected chi connectivity index (χ0v) is 16.6. The van der Waals surface area contributed by atoms with Crippen LogP contribution in [0.1, 0.15) is 27.4 Å². The molecule has 0 radical (unpaired) electrons. The molecule has 2 aromatic carbocycles. The molecule has 1 saturated heterocycles. The summed E-state index contributed by atoms with van der Waals surface area (Å²) in [6, 6.07) is 16.0. The summed E-state index contributed by atoms with van der Waals surface area (Å²) in [6.45, 7) is 0.656. The number of hydrogen-bond donors (Lipinski definition) is 1. The van der Waals surface area contributed by atoms with Crippen LogP contribution in [-0.4, -0.2) is 44.9 Å². The van der Waals surface area contributed by atoms with Gasteiger partial charge < -0.3 is 10.5 Å². The van der Waals surface area contributed by atoms with Crippen LogP contribution in [0, 0.1) is 0 Å². The monoisotopic (exact) mass is 410 g/mol. The molecule has 0 saturated carbocycles. The largest absolute Gasteiger partial charge is 0.465 e. The summed E-state index contributed by atoms with van der Waals surface area (Å²) in [4.78, 5) is 11.6. The molecule has 2 N–H and O–H groups in total. The third kappa shape index (κ3) is 4.87. The van der Waals surface area contributed by atoms with Crippen molar-refractivity contribution in [2.24, 2.45) is 5.73 Å². The van der Waals surface area contributed by atoms with Gasteiger partial charge in [-0.1, -0.05) is 42.5 Å². The number of halogens is 1. The number of carbonyl (C=O) groups excluding carboxylic acids is 1. The Kier molecular flexibility index (Phi) is 7.00. The molecule has 0 unspecified atom stereocenters. The second-order valence-electron chi connectivity index (χ2n) is 6.45. The van der Waals surface area contributed by atoms with Gasteiger partial charge in [0, 0.05) is 25.0 Å². The van der Waals surface area contributed by atoms with Crippen molar-refractivity contribution in [3.63, 3.8) is 0 Å². The minimum absolute atomic E-state index is 0. The Morgan fingerprint density at radius 1 is 1.15 bits per heavy atom. The van der Waals surface area contributed by atoms with Crippen molar-refractivity contribution in [1.29, 1.82) is 0 Å². The minimum atomic E-state index is -3.53. The van der Waals surface area contributed by atoms with E-state index in [0.29, 0.717) is 24.2 Å². The van der Waals surface area contributed by atoms with E-state index in [1.54, 1.807) is 24.3 Å². The van der Waals surface area contributed by atoms with Crippen LogP contribution >= 0.6 is 12.4 Å². The lowest BCUT2D eigenvalue weighted by Crippen LogP contribution is -2.33. The molecule has 6 nitrogen and oxygen atoms in total. The van der Waals surface area contributed by atoms with E-state index in [1.165, 1.54) is 11.4 Å². The molecule has 1 aliphatic heterocycles. The predicted octanol–water partition coefficient (Wildman–Crippen LogP) is 2.15. The molecular weight excluding hydrogens is 388 g/mol. The Morgan fingerprint density at radius 2 is 1.85 bits per heavy atom. The lowest BCUT2D eigenvalue weighted by atomic mass is 9.95. The number of nitrogens with two attached hydrogens (primary N) is 1. The zero-order chi connectivity index (χ0) is 18.7. The summed E-state index contributed by atoms with van der Waals surface area (Å²) < 4.78 is 31.8. The van der Waals surface area contributed by atoms with Gasteiger partial charge in [0.1, 0.15) is 0 Å². The first-order chi connectivity index (χ1) is 12.4. The molecule has 0 aliphatic carbocycles. The SMILES string of the molecule is COC(=O)c1cccc(CS(=O)(=O)N2C[C@@H](N)[C@H](c3ccccc3)C2)c1.Cl. The van der Waals surface area contributed by atoms with Crippen molar-refractivity contribution in [1.82, 2.24) is 4.31 Å². The summed E-state index contributed by atoms with van der Waals surface area (Å²) >= 11 is 0. The van der Waals surface area contributed by atoms with Gasteiger partial charge in [0.15, 0.2) is 0 Å².